The van der Waals surface area contributed by atoms with Gasteiger partial charge in [0, 0.05) is 36.8 Å². The smallest absolute Gasteiger partial charge is 0.340 e. The van der Waals surface area contributed by atoms with E-state index < -0.39 is 23.6 Å². The number of carbonyl (C=O) groups excluding carboxylic acids is 3. The van der Waals surface area contributed by atoms with Crippen molar-refractivity contribution in [1.29, 1.82) is 0 Å². The Bertz CT molecular complexity index is 1730. The zero-order valence-electron chi connectivity index (χ0n) is 31.8. The Morgan fingerprint density at radius 2 is 1.83 bits per heavy atom. The van der Waals surface area contributed by atoms with Gasteiger partial charge in [0.05, 0.1) is 36.5 Å². The number of ether oxygens (including phenoxy) is 4. The minimum absolute atomic E-state index is 0.0845. The molecule has 0 saturated carbocycles. The number of aromatic nitrogens is 3. The average Bonchev–Trinajstić information content (AvgIpc) is 3.53. The van der Waals surface area contributed by atoms with Gasteiger partial charge in [0.2, 0.25) is 0 Å². The number of aryl methyl sites for hydroxylation is 1. The van der Waals surface area contributed by atoms with Crippen molar-refractivity contribution >= 4 is 29.1 Å². The van der Waals surface area contributed by atoms with Crippen molar-refractivity contribution < 1.29 is 33.3 Å². The molecule has 0 spiro atoms. The molecule has 1 saturated heterocycles. The molecule has 12 heteroatoms. The van der Waals surface area contributed by atoms with E-state index in [0.29, 0.717) is 67.6 Å². The Labute approximate surface area is 307 Å². The first-order valence-corrected chi connectivity index (χ1v) is 18.2. The maximum Gasteiger partial charge on any atom is 0.340 e. The number of Topliss-reactive ketones (excluding diaryl/α,β-unsaturated/α-hetero) is 1. The van der Waals surface area contributed by atoms with Crippen molar-refractivity contribution in [1.82, 2.24) is 19.9 Å². The number of nitrogens with zero attached hydrogens (tertiary/aromatic N) is 4. The number of hydrogen-bond acceptors (Lipinski definition) is 10. The molecule has 4 rings (SSSR count). The average molecular weight is 718 g/mol. The van der Waals surface area contributed by atoms with E-state index in [9.17, 15) is 14.4 Å². The number of rotatable bonds is 18. The predicted molar refractivity (Wildman–Crippen MR) is 201 cm³/mol. The lowest BCUT2D eigenvalue weighted by molar-refractivity contribution is -0.167. The quantitative estimate of drug-likeness (QED) is 0.118. The number of hydrogen-bond donors (Lipinski definition) is 1. The maximum absolute atomic E-state index is 13.5. The normalized spacial score (nSPS) is 15.1. The first-order valence-electron chi connectivity index (χ1n) is 18.2. The van der Waals surface area contributed by atoms with Crippen LogP contribution >= 0.6 is 0 Å². The zero-order chi connectivity index (χ0) is 37.9. The molecule has 3 heterocycles. The maximum atomic E-state index is 13.5. The molecule has 282 valence electrons. The van der Waals surface area contributed by atoms with Gasteiger partial charge < -0.3 is 29.2 Å². The van der Waals surface area contributed by atoms with Gasteiger partial charge in [-0.15, -0.1) is 6.58 Å². The summed E-state index contributed by atoms with van der Waals surface area (Å²) in [7, 11) is 0. The number of piperidine rings is 1. The Morgan fingerprint density at radius 3 is 2.50 bits per heavy atom. The van der Waals surface area contributed by atoms with Crippen molar-refractivity contribution in [2.75, 3.05) is 44.4 Å². The third kappa shape index (κ3) is 10.7. The van der Waals surface area contributed by atoms with Crippen LogP contribution in [0, 0.1) is 6.92 Å². The molecule has 1 aliphatic heterocycles. The second-order valence-electron chi connectivity index (χ2n) is 14.2. The van der Waals surface area contributed by atoms with E-state index in [1.807, 2.05) is 58.0 Å². The van der Waals surface area contributed by atoms with E-state index in [0.717, 1.165) is 18.4 Å². The fourth-order valence-electron chi connectivity index (χ4n) is 6.05. The standard InChI is InChI=1S/C40H55N5O7/c1-9-12-13-16-24-50-32-18-15-14-17-29(32)25-30(46)27-41-36(47)31-26-33-42-28(4)34(35(38(48)49-11-3)52-39(5,6)7)37(45(33)43-31)44-21-19-40(8,20-22-44)51-23-10-2/h10,13-18,26,35H,2,9,11-12,19-25,27H2,1,3-8H3,(H,41,47). The molecule has 1 unspecified atom stereocenters. The summed E-state index contributed by atoms with van der Waals surface area (Å²) < 4.78 is 25.5. The number of unbranched alkanes of at least 4 members (excludes halogenated alkanes) is 1. The Morgan fingerprint density at radius 1 is 1.10 bits per heavy atom. The summed E-state index contributed by atoms with van der Waals surface area (Å²) in [5.41, 5.74) is 1.26. The Kier molecular flexibility index (Phi) is 14.1. The molecule has 1 N–H and O–H groups in total. The number of nitrogens with one attached hydrogen (secondary N) is 1. The first-order chi connectivity index (χ1) is 24.8. The molecule has 1 aromatic carbocycles. The second-order valence-corrected chi connectivity index (χ2v) is 14.2. The van der Waals surface area contributed by atoms with Crippen LogP contribution in [0.15, 0.2) is 55.1 Å². The van der Waals surface area contributed by atoms with Gasteiger partial charge in [-0.05, 0) is 66.9 Å². The summed E-state index contributed by atoms with van der Waals surface area (Å²) in [4.78, 5) is 47.0. The number of esters is 1. The Balaban J connectivity index is 1.62. The summed E-state index contributed by atoms with van der Waals surface area (Å²) in [6, 6.07) is 8.99. The van der Waals surface area contributed by atoms with Crippen LogP contribution < -0.4 is 15.0 Å². The third-order valence-corrected chi connectivity index (χ3v) is 8.70. The van der Waals surface area contributed by atoms with Crippen LogP contribution in [0.25, 0.3) is 5.65 Å². The Hall–Kier alpha value is -4.55. The number of para-hydroxylation sites is 1. The van der Waals surface area contributed by atoms with Crippen LogP contribution in [0.1, 0.15) is 101 Å². The first kappa shape index (κ1) is 40.2. The fourth-order valence-corrected chi connectivity index (χ4v) is 6.05. The highest BCUT2D eigenvalue weighted by atomic mass is 16.6. The predicted octanol–water partition coefficient (Wildman–Crippen LogP) is 6.30. The van der Waals surface area contributed by atoms with Crippen molar-refractivity contribution in [3.63, 3.8) is 0 Å². The lowest BCUT2D eigenvalue weighted by atomic mass is 9.92. The molecule has 0 bridgehead atoms. The summed E-state index contributed by atoms with van der Waals surface area (Å²) >= 11 is 0. The number of fused-ring (bicyclic) bond motifs is 1. The SMILES string of the molecule is C=CCOC1(C)CCN(c2c(C(OC(C)(C)C)C(=O)OCC)c(C)nc3cc(C(=O)NCC(=O)Cc4ccccc4OCC=CCCC)nn23)CC1. The minimum atomic E-state index is -1.10. The van der Waals surface area contributed by atoms with Crippen molar-refractivity contribution in [2.24, 2.45) is 0 Å². The molecule has 12 nitrogen and oxygen atoms in total. The lowest BCUT2D eigenvalue weighted by Gasteiger charge is -2.41. The van der Waals surface area contributed by atoms with E-state index in [1.165, 1.54) is 0 Å². The number of ketones is 1. The number of amides is 1. The van der Waals surface area contributed by atoms with E-state index in [2.05, 4.69) is 36.7 Å². The van der Waals surface area contributed by atoms with Crippen LogP contribution in [-0.2, 0) is 30.2 Å². The minimum Gasteiger partial charge on any atom is -0.489 e. The zero-order valence-corrected chi connectivity index (χ0v) is 31.8. The molecular formula is C40H55N5O7. The van der Waals surface area contributed by atoms with Crippen molar-refractivity contribution in [2.45, 2.75) is 97.9 Å². The largest absolute Gasteiger partial charge is 0.489 e. The van der Waals surface area contributed by atoms with Crippen LogP contribution in [0.4, 0.5) is 5.82 Å². The fraction of sp³-hybridized carbons (Fsp3) is 0.525. The van der Waals surface area contributed by atoms with Gasteiger partial charge in [0.1, 0.15) is 18.2 Å². The van der Waals surface area contributed by atoms with Gasteiger partial charge in [0.25, 0.3) is 5.91 Å². The van der Waals surface area contributed by atoms with E-state index in [4.69, 9.17) is 29.0 Å². The number of benzene rings is 1. The molecule has 2 aromatic heterocycles. The summed E-state index contributed by atoms with van der Waals surface area (Å²) in [5.74, 6) is -0.0189. The monoisotopic (exact) mass is 717 g/mol. The molecular weight excluding hydrogens is 662 g/mol. The molecule has 1 aliphatic rings. The molecule has 52 heavy (non-hydrogen) atoms. The number of carbonyl (C=O) groups is 3. The van der Waals surface area contributed by atoms with Gasteiger partial charge in [-0.3, -0.25) is 9.59 Å². The highest BCUT2D eigenvalue weighted by Crippen LogP contribution is 2.38. The van der Waals surface area contributed by atoms with Gasteiger partial charge in [-0.1, -0.05) is 49.8 Å². The van der Waals surface area contributed by atoms with Crippen molar-refractivity contribution in [3.8, 4) is 5.75 Å². The molecule has 3 aromatic rings. The topological polar surface area (TPSA) is 134 Å². The van der Waals surface area contributed by atoms with Crippen LogP contribution in [0.3, 0.4) is 0 Å². The van der Waals surface area contributed by atoms with Gasteiger partial charge in [0.15, 0.2) is 23.2 Å². The number of allylic oxidation sites excluding steroid dienone is 1. The molecule has 1 amide bonds. The van der Waals surface area contributed by atoms with E-state index in [1.54, 1.807) is 23.6 Å². The van der Waals surface area contributed by atoms with Crippen LogP contribution in [0.5, 0.6) is 5.75 Å². The molecule has 1 fully saturated rings. The third-order valence-electron chi connectivity index (χ3n) is 8.70. The molecule has 0 radical (unpaired) electrons. The highest BCUT2D eigenvalue weighted by Gasteiger charge is 2.38. The lowest BCUT2D eigenvalue weighted by Crippen LogP contribution is -2.45. The highest BCUT2D eigenvalue weighted by molar-refractivity contribution is 5.96. The molecule has 1 atom stereocenters. The van der Waals surface area contributed by atoms with Gasteiger partial charge >= 0.3 is 5.97 Å². The van der Waals surface area contributed by atoms with Crippen LogP contribution in [0.2, 0.25) is 0 Å². The van der Waals surface area contributed by atoms with Gasteiger partial charge in [-0.2, -0.15) is 9.61 Å². The summed E-state index contributed by atoms with van der Waals surface area (Å²) in [5, 5.41) is 7.43. The second kappa shape index (κ2) is 18.3. The van der Waals surface area contributed by atoms with Crippen LogP contribution in [-0.4, -0.2) is 82.9 Å². The summed E-state index contributed by atoms with van der Waals surface area (Å²) in [6.07, 6.45) is 8.23. The van der Waals surface area contributed by atoms with E-state index in [-0.39, 0.29) is 36.7 Å². The number of anilines is 1. The van der Waals surface area contributed by atoms with Gasteiger partial charge in [-0.25, -0.2) is 9.78 Å². The molecule has 0 aliphatic carbocycles. The van der Waals surface area contributed by atoms with Crippen molar-refractivity contribution in [3.05, 3.63) is 77.7 Å². The summed E-state index contributed by atoms with van der Waals surface area (Å²) in [6.45, 7) is 19.2. The van der Waals surface area contributed by atoms with E-state index >= 15 is 0 Å².